The van der Waals surface area contributed by atoms with Crippen LogP contribution in [0.25, 0.3) is 0 Å². The van der Waals surface area contributed by atoms with Crippen molar-refractivity contribution >= 4 is 21.9 Å². The van der Waals surface area contributed by atoms with Gasteiger partial charge in [0.15, 0.2) is 17.6 Å². The van der Waals surface area contributed by atoms with Gasteiger partial charge in [-0.2, -0.15) is 34.8 Å². The normalized spacial score (nSPS) is 15.1. The molecular formula is C66H80F6N6O9S. The molecule has 7 aromatic rings. The number of methoxy groups -OCH3 is 4. The van der Waals surface area contributed by atoms with E-state index in [0.29, 0.717) is 61.1 Å². The van der Waals surface area contributed by atoms with Gasteiger partial charge in [0.05, 0.1) is 55.8 Å². The zero-order valence-electron chi connectivity index (χ0n) is 48.0. The van der Waals surface area contributed by atoms with Crippen molar-refractivity contribution in [1.82, 2.24) is 30.8 Å². The molecule has 5 aromatic carbocycles. The number of hydrogen-bond acceptors (Lipinski definition) is 13. The Labute approximate surface area is 513 Å². The van der Waals surface area contributed by atoms with Crippen molar-refractivity contribution in [3.63, 3.8) is 0 Å². The second-order valence-electron chi connectivity index (χ2n) is 19.9. The Balaban J connectivity index is 0.000000288. The van der Waals surface area contributed by atoms with Gasteiger partial charge in [-0.05, 0) is 115 Å². The molecule has 15 nitrogen and oxygen atoms in total. The zero-order chi connectivity index (χ0) is 61.5. The van der Waals surface area contributed by atoms with E-state index in [0.717, 1.165) is 88.4 Å². The first-order valence-electron chi connectivity index (χ1n) is 27.2. The predicted molar refractivity (Wildman–Crippen MR) is 328 cm³/mol. The largest absolute Gasteiger partial charge is 0.491 e. The maximum Gasteiger partial charge on any atom is 0.416 e. The van der Waals surface area contributed by atoms with E-state index in [-0.39, 0.29) is 45.2 Å². The Hall–Kier alpha value is -8.05. The lowest BCUT2D eigenvalue weighted by Crippen LogP contribution is -2.45. The quantitative estimate of drug-likeness (QED) is 0.0546. The summed E-state index contributed by atoms with van der Waals surface area (Å²) in [4.78, 5) is 36.5. The van der Waals surface area contributed by atoms with Gasteiger partial charge < -0.3 is 34.9 Å². The lowest BCUT2D eigenvalue weighted by Gasteiger charge is -2.41. The second kappa shape index (κ2) is 32.8. The average Bonchev–Trinajstić information content (AvgIpc) is 2.46. The number of rotatable bonds is 18. The van der Waals surface area contributed by atoms with Gasteiger partial charge >= 0.3 is 12.4 Å². The van der Waals surface area contributed by atoms with Gasteiger partial charge in [0.1, 0.15) is 6.04 Å². The number of hydrogen-bond donors (Lipinski definition) is 3. The lowest BCUT2D eigenvalue weighted by molar-refractivity contribution is -0.138. The van der Waals surface area contributed by atoms with E-state index >= 15 is 0 Å². The molecule has 3 N–H and O–H groups in total. The number of carbonyl (C=O) groups excluding carboxylic acids is 2. The van der Waals surface area contributed by atoms with Gasteiger partial charge in [0.25, 0.3) is 27.8 Å². The minimum absolute atomic E-state index is 0. The molecule has 4 heterocycles. The highest BCUT2D eigenvalue weighted by molar-refractivity contribution is 7.86. The topological polar surface area (TPSA) is 180 Å². The Bertz CT molecular complexity index is 3440. The third kappa shape index (κ3) is 18.5. The van der Waals surface area contributed by atoms with Gasteiger partial charge in [-0.25, -0.2) is 14.2 Å². The molecule has 0 aliphatic carbocycles. The highest BCUT2D eigenvalue weighted by Gasteiger charge is 2.38. The van der Waals surface area contributed by atoms with Crippen LogP contribution in [0, 0.1) is 6.92 Å². The first kappa shape index (κ1) is 72.4. The summed E-state index contributed by atoms with van der Waals surface area (Å²) in [6.07, 6.45) is -5.99. The summed E-state index contributed by atoms with van der Waals surface area (Å²) in [5, 5.41) is 8.66. The minimum atomic E-state index is -4.38. The summed E-state index contributed by atoms with van der Waals surface area (Å²) in [5.74, 6) is 1.26. The second-order valence-corrected chi connectivity index (χ2v) is 21.5. The van der Waals surface area contributed by atoms with Crippen LogP contribution >= 0.6 is 0 Å². The summed E-state index contributed by atoms with van der Waals surface area (Å²) in [6.45, 7) is 3.22. The third-order valence-electron chi connectivity index (χ3n) is 14.5. The number of pyridine rings is 2. The molecule has 0 spiro atoms. The van der Waals surface area contributed by atoms with Crippen LogP contribution in [-0.2, 0) is 61.9 Å². The van der Waals surface area contributed by atoms with Crippen molar-refractivity contribution in [2.24, 2.45) is 0 Å². The molecule has 2 aliphatic rings. The number of aryl methyl sites for hydroxylation is 3. The van der Waals surface area contributed by atoms with Crippen LogP contribution in [0.1, 0.15) is 121 Å². The summed E-state index contributed by atoms with van der Waals surface area (Å²) in [7, 11) is 5.20. The summed E-state index contributed by atoms with van der Waals surface area (Å²) in [5.41, 5.74) is 6.43. The number of benzene rings is 5. The van der Waals surface area contributed by atoms with Crippen molar-refractivity contribution in [2.45, 2.75) is 109 Å². The van der Waals surface area contributed by atoms with Crippen LogP contribution in [0.5, 0.6) is 23.3 Å². The smallest absolute Gasteiger partial charge is 0.416 e. The number of alkyl halides is 6. The molecule has 9 rings (SSSR count). The van der Waals surface area contributed by atoms with Gasteiger partial charge in [-0.3, -0.25) is 14.5 Å². The number of nitrogens with one attached hydrogen (secondary N) is 3. The summed E-state index contributed by atoms with van der Waals surface area (Å²) in [6, 6.07) is 38.0. The first-order chi connectivity index (χ1) is 40.6. The number of amides is 2. The van der Waals surface area contributed by atoms with Gasteiger partial charge in [0, 0.05) is 52.1 Å². The molecule has 4 atom stereocenters. The molecule has 1 unspecified atom stereocenters. The number of likely N-dealkylation sites (N-methyl/N-ethyl adjacent to an activating group) is 2. The van der Waals surface area contributed by atoms with Crippen molar-refractivity contribution < 1.29 is 67.5 Å². The maximum atomic E-state index is 13.2. The van der Waals surface area contributed by atoms with E-state index < -0.39 is 51.7 Å². The van der Waals surface area contributed by atoms with E-state index in [1.807, 2.05) is 49.4 Å². The lowest BCUT2D eigenvalue weighted by atomic mass is 9.88. The molecule has 476 valence electrons. The average molecular weight is 1250 g/mol. The Morgan fingerprint density at radius 1 is 0.614 bits per heavy atom. The summed E-state index contributed by atoms with van der Waals surface area (Å²) >= 11 is 0. The highest BCUT2D eigenvalue weighted by atomic mass is 32.2. The fraction of sp³-hybridized carbons (Fsp3) is 0.364. The Morgan fingerprint density at radius 3 is 1.55 bits per heavy atom. The molecular weight excluding hydrogens is 1170 g/mol. The van der Waals surface area contributed by atoms with E-state index in [4.69, 9.17) is 23.1 Å². The molecule has 22 heteroatoms. The SMILES string of the molecule is C.C.C.CNC(=O)[C@@H](OS(=O)(=O)c1ccc(C)cc1)c1ccccc1.CNC(=O)[C@@H](c1ccccc1)N1CCc2nc(OC)c(OC)cc2[C@@H]1CCc1ccc(C(F)(F)F)cc1.COc1cc2c(nc1OC)CCNC2CCc1ccc(C(F)(F)F)cc1. The molecule has 2 aromatic heterocycles. The van der Waals surface area contributed by atoms with Crippen LogP contribution < -0.4 is 34.9 Å². The monoisotopic (exact) mass is 1250 g/mol. The van der Waals surface area contributed by atoms with Crippen LogP contribution in [0.2, 0.25) is 0 Å². The van der Waals surface area contributed by atoms with Gasteiger partial charge in [-0.15, -0.1) is 0 Å². The number of halogens is 6. The van der Waals surface area contributed by atoms with Crippen molar-refractivity contribution in [2.75, 3.05) is 55.6 Å². The highest BCUT2D eigenvalue weighted by Crippen LogP contribution is 2.43. The van der Waals surface area contributed by atoms with E-state index in [1.54, 1.807) is 83.0 Å². The van der Waals surface area contributed by atoms with Gasteiger partial charge in [0.2, 0.25) is 5.91 Å². The number of ether oxygens (including phenoxy) is 4. The molecule has 0 saturated heterocycles. The Kier molecular flexibility index (Phi) is 27.0. The van der Waals surface area contributed by atoms with E-state index in [2.05, 4.69) is 30.8 Å². The number of nitrogens with zero attached hydrogens (tertiary/aromatic N) is 3. The number of fused-ring (bicyclic) bond motifs is 2. The molecule has 0 bridgehead atoms. The van der Waals surface area contributed by atoms with Crippen LogP contribution in [-0.4, -0.2) is 90.7 Å². The molecule has 0 fully saturated rings. The zero-order valence-corrected chi connectivity index (χ0v) is 48.8. The van der Waals surface area contributed by atoms with Crippen molar-refractivity contribution in [1.29, 1.82) is 0 Å². The van der Waals surface area contributed by atoms with Crippen LogP contribution in [0.4, 0.5) is 26.3 Å². The number of aromatic nitrogens is 2. The fourth-order valence-corrected chi connectivity index (χ4v) is 11.1. The van der Waals surface area contributed by atoms with Gasteiger partial charge in [-0.1, -0.05) is 125 Å². The third-order valence-corrected chi connectivity index (χ3v) is 15.8. The maximum absolute atomic E-state index is 13.2. The minimum Gasteiger partial charge on any atom is -0.491 e. The fourth-order valence-electron chi connectivity index (χ4n) is 10.1. The Morgan fingerprint density at radius 2 is 1.08 bits per heavy atom. The first-order valence-corrected chi connectivity index (χ1v) is 28.6. The number of carbonyl (C=O) groups is 2. The molecule has 88 heavy (non-hydrogen) atoms. The van der Waals surface area contributed by atoms with Crippen molar-refractivity contribution in [3.05, 3.63) is 207 Å². The standard InChI is InChI=1S/C28H30F3N3O3.C19H21F3N2O2.C16H17NO4S.3CH4/c1-32-26(35)25(19-7-5-4-6-8-19)34-16-15-22-21(17-24(36-2)27(33-22)37-3)23(34)14-11-18-9-12-20(13-10-18)28(29,30)31;1-25-17-11-14-15(23-10-9-16(14)24-18(17)26-2)8-5-12-3-6-13(7-4-12)19(20,21)22;1-12-8-10-14(11-9-12)22(19,20)21-15(16(18)17-2)13-6-4-3-5-7-13;;;/h4-10,12-13,17,23,25H,11,14-16H2,1-3H3,(H,32,35);3-4,6-7,11,15,23H,5,8-10H2,1-2H3;3-11,15H,1-2H3,(H,17,18);3*1H4/t23-,25+;;15-;;;/m0.0.../s1. The van der Waals surface area contributed by atoms with E-state index in [9.17, 15) is 44.3 Å². The van der Waals surface area contributed by atoms with Crippen molar-refractivity contribution in [3.8, 4) is 23.3 Å². The predicted octanol–water partition coefficient (Wildman–Crippen LogP) is 13.2. The van der Waals surface area contributed by atoms with Crippen LogP contribution in [0.15, 0.2) is 150 Å². The molecule has 2 aliphatic heterocycles. The van der Waals surface area contributed by atoms with E-state index in [1.165, 1.54) is 38.4 Å². The molecule has 0 saturated carbocycles. The molecule has 0 radical (unpaired) electrons. The molecule has 2 amide bonds. The summed E-state index contributed by atoms with van der Waals surface area (Å²) < 4.78 is 128. The van der Waals surface area contributed by atoms with Crippen LogP contribution in [0.3, 0.4) is 0 Å².